The molecule has 0 saturated heterocycles. The normalized spacial score (nSPS) is 26.4. The van der Waals surface area contributed by atoms with Crippen molar-refractivity contribution in [1.29, 1.82) is 0 Å². The summed E-state index contributed by atoms with van der Waals surface area (Å²) in [4.78, 5) is 12.3. The molecule has 1 fully saturated rings. The van der Waals surface area contributed by atoms with Crippen molar-refractivity contribution < 1.29 is 4.79 Å². The van der Waals surface area contributed by atoms with Crippen LogP contribution in [-0.2, 0) is 11.2 Å². The quantitative estimate of drug-likeness (QED) is 0.590. The second-order valence-electron chi connectivity index (χ2n) is 5.66. The van der Waals surface area contributed by atoms with Gasteiger partial charge in [-0.15, -0.1) is 23.2 Å². The van der Waals surface area contributed by atoms with Gasteiger partial charge in [-0.1, -0.05) is 37.6 Å². The van der Waals surface area contributed by atoms with Crippen molar-refractivity contribution >= 4 is 40.7 Å². The monoisotopic (exact) mass is 347 g/mol. The van der Waals surface area contributed by atoms with E-state index in [1.54, 1.807) is 0 Å². The Hall–Kier alpha value is -0.440. The molecule has 0 spiro atoms. The van der Waals surface area contributed by atoms with Gasteiger partial charge in [0.15, 0.2) is 0 Å². The predicted molar refractivity (Wildman–Crippen MR) is 89.1 cm³/mol. The molecule has 2 nitrogen and oxygen atoms in total. The van der Waals surface area contributed by atoms with E-state index in [-0.39, 0.29) is 11.8 Å². The van der Waals surface area contributed by atoms with E-state index >= 15 is 0 Å². The van der Waals surface area contributed by atoms with Crippen LogP contribution in [-0.4, -0.2) is 16.8 Å². The number of halogens is 3. The minimum absolute atomic E-state index is 0.00500. The van der Waals surface area contributed by atoms with Gasteiger partial charge in [-0.25, -0.2) is 0 Å². The molecular weight excluding hydrogens is 329 g/mol. The number of amides is 1. The molecule has 0 bridgehead atoms. The Morgan fingerprint density at radius 2 is 1.86 bits per heavy atom. The van der Waals surface area contributed by atoms with E-state index in [9.17, 15) is 4.79 Å². The van der Waals surface area contributed by atoms with Crippen LogP contribution in [0.1, 0.15) is 32.3 Å². The number of hydrogen-bond donors (Lipinski definition) is 1. The van der Waals surface area contributed by atoms with E-state index in [0.29, 0.717) is 13.0 Å². The third kappa shape index (κ3) is 3.04. The van der Waals surface area contributed by atoms with Crippen LogP contribution in [0.5, 0.6) is 0 Å². The van der Waals surface area contributed by atoms with E-state index in [2.05, 4.69) is 5.32 Å². The van der Waals surface area contributed by atoms with Crippen LogP contribution >= 0.6 is 34.8 Å². The van der Waals surface area contributed by atoms with Crippen molar-refractivity contribution in [2.24, 2.45) is 11.3 Å². The average molecular weight is 349 g/mol. The molecule has 0 radical (unpaired) electrons. The topological polar surface area (TPSA) is 29.1 Å². The lowest BCUT2D eigenvalue weighted by molar-refractivity contribution is -0.127. The molecule has 1 aromatic rings. The predicted octanol–water partition coefficient (Wildman–Crippen LogP) is 4.61. The van der Waals surface area contributed by atoms with Crippen LogP contribution in [0.25, 0.3) is 0 Å². The van der Waals surface area contributed by atoms with Gasteiger partial charge in [-0.05, 0) is 37.0 Å². The van der Waals surface area contributed by atoms with Gasteiger partial charge in [0.25, 0.3) is 0 Å². The fraction of sp³-hybridized carbons (Fsp3) is 0.562. The average Bonchev–Trinajstić information content (AvgIpc) is 2.90. The van der Waals surface area contributed by atoms with Gasteiger partial charge in [0.2, 0.25) is 5.91 Å². The van der Waals surface area contributed by atoms with Crippen molar-refractivity contribution in [3.05, 3.63) is 34.9 Å². The maximum atomic E-state index is 12.3. The summed E-state index contributed by atoms with van der Waals surface area (Å²) in [7, 11) is 0. The highest BCUT2D eigenvalue weighted by Crippen LogP contribution is 2.70. The van der Waals surface area contributed by atoms with Gasteiger partial charge in [-0.2, -0.15) is 0 Å². The Kier molecular flexibility index (Phi) is 5.12. The molecule has 5 heteroatoms. The molecule has 0 aromatic heterocycles. The smallest absolute Gasteiger partial charge is 0.229 e. The van der Waals surface area contributed by atoms with Gasteiger partial charge in [0.05, 0.1) is 5.41 Å². The zero-order chi connectivity index (χ0) is 15.7. The lowest BCUT2D eigenvalue weighted by Crippen LogP contribution is -2.36. The number of alkyl halides is 2. The summed E-state index contributed by atoms with van der Waals surface area (Å²) in [6.45, 7) is 4.51. The number of carbonyl (C=O) groups excluding carboxylic acids is 1. The second kappa shape index (κ2) is 6.36. The van der Waals surface area contributed by atoms with Crippen LogP contribution in [0.4, 0.5) is 0 Å². The summed E-state index contributed by atoms with van der Waals surface area (Å²) in [5.74, 6) is -0.0341. The van der Waals surface area contributed by atoms with Gasteiger partial charge in [0.1, 0.15) is 4.33 Å². The maximum absolute atomic E-state index is 12.3. The van der Waals surface area contributed by atoms with Crippen LogP contribution in [0.2, 0.25) is 5.02 Å². The molecule has 2 unspecified atom stereocenters. The lowest BCUT2D eigenvalue weighted by atomic mass is 9.99. The number of aryl methyl sites for hydroxylation is 1. The summed E-state index contributed by atoms with van der Waals surface area (Å²) in [5.41, 5.74) is 0.582. The van der Waals surface area contributed by atoms with E-state index in [4.69, 9.17) is 34.8 Å². The number of carbonyl (C=O) groups is 1. The van der Waals surface area contributed by atoms with Crippen LogP contribution in [0.15, 0.2) is 24.3 Å². The molecule has 2 atom stereocenters. The number of hydrogen-bond acceptors (Lipinski definition) is 1. The van der Waals surface area contributed by atoms with Crippen LogP contribution < -0.4 is 5.32 Å². The first-order valence-electron chi connectivity index (χ1n) is 7.26. The van der Waals surface area contributed by atoms with Gasteiger partial charge in [0, 0.05) is 17.5 Å². The van der Waals surface area contributed by atoms with Crippen LogP contribution in [0, 0.1) is 11.3 Å². The molecule has 1 N–H and O–H groups in total. The highest BCUT2D eigenvalue weighted by Gasteiger charge is 2.76. The number of nitrogens with one attached hydrogen (secondary N) is 1. The summed E-state index contributed by atoms with van der Waals surface area (Å²) >= 11 is 18.3. The molecule has 1 aliphatic carbocycles. The Morgan fingerprint density at radius 3 is 2.33 bits per heavy atom. The van der Waals surface area contributed by atoms with Crippen molar-refractivity contribution in [2.45, 2.75) is 37.4 Å². The van der Waals surface area contributed by atoms with E-state index < -0.39 is 9.75 Å². The third-order valence-corrected chi connectivity index (χ3v) is 6.18. The zero-order valence-electron chi connectivity index (χ0n) is 12.3. The molecule has 1 aliphatic rings. The van der Waals surface area contributed by atoms with Crippen LogP contribution in [0.3, 0.4) is 0 Å². The van der Waals surface area contributed by atoms with E-state index in [1.807, 2.05) is 38.1 Å². The van der Waals surface area contributed by atoms with Crippen molar-refractivity contribution in [2.75, 3.05) is 6.54 Å². The molecule has 1 amide bonds. The minimum atomic E-state index is -0.929. The molecule has 116 valence electrons. The molecule has 2 rings (SSSR count). The molecule has 0 aliphatic heterocycles. The highest BCUT2D eigenvalue weighted by atomic mass is 35.5. The molecule has 0 heterocycles. The third-order valence-electron chi connectivity index (χ3n) is 4.60. The Balaban J connectivity index is 1.79. The second-order valence-corrected chi connectivity index (χ2v) is 7.48. The van der Waals surface area contributed by atoms with E-state index in [1.165, 1.54) is 5.56 Å². The summed E-state index contributed by atoms with van der Waals surface area (Å²) < 4.78 is -0.929. The Bertz CT molecular complexity index is 515. The van der Waals surface area contributed by atoms with Crippen molar-refractivity contribution in [3.63, 3.8) is 0 Å². The fourth-order valence-corrected chi connectivity index (χ4v) is 4.15. The first-order chi connectivity index (χ1) is 9.86. The summed E-state index contributed by atoms with van der Waals surface area (Å²) in [6, 6.07) is 7.76. The minimum Gasteiger partial charge on any atom is -0.356 e. The summed E-state index contributed by atoms with van der Waals surface area (Å²) in [6.07, 6.45) is 2.43. The molecule has 21 heavy (non-hydrogen) atoms. The molecular formula is C16H20Cl3NO. The first-order valence-corrected chi connectivity index (χ1v) is 8.40. The highest BCUT2D eigenvalue weighted by molar-refractivity contribution is 6.53. The SMILES string of the molecule is CCC1(C(=O)NCCCc2ccc(Cl)cc2)C(C)C1(Cl)Cl. The standard InChI is InChI=1S/C16H20Cl3NO/c1-3-15(11(2)16(15,18)19)14(21)20-10-4-5-12-6-8-13(17)9-7-12/h6-9,11H,3-5,10H2,1-2H3,(H,20,21). The number of benzene rings is 1. The Labute approximate surface area is 141 Å². The van der Waals surface area contributed by atoms with Crippen molar-refractivity contribution in [1.82, 2.24) is 5.32 Å². The van der Waals surface area contributed by atoms with Gasteiger partial charge in [-0.3, -0.25) is 4.79 Å². The largest absolute Gasteiger partial charge is 0.356 e. The molecule has 1 aromatic carbocycles. The summed E-state index contributed by atoms with van der Waals surface area (Å²) in [5, 5.41) is 3.71. The van der Waals surface area contributed by atoms with Gasteiger partial charge < -0.3 is 5.32 Å². The van der Waals surface area contributed by atoms with Crippen molar-refractivity contribution in [3.8, 4) is 0 Å². The van der Waals surface area contributed by atoms with Gasteiger partial charge >= 0.3 is 0 Å². The fourth-order valence-electron chi connectivity index (χ4n) is 2.99. The molecule has 1 saturated carbocycles. The maximum Gasteiger partial charge on any atom is 0.229 e. The zero-order valence-corrected chi connectivity index (χ0v) is 14.5. The first kappa shape index (κ1) is 16.9. The lowest BCUT2D eigenvalue weighted by Gasteiger charge is -2.16. The Morgan fingerprint density at radius 1 is 1.29 bits per heavy atom. The number of rotatable bonds is 6. The van der Waals surface area contributed by atoms with E-state index in [0.717, 1.165) is 17.9 Å².